The van der Waals surface area contributed by atoms with E-state index in [0.717, 1.165) is 42.9 Å². The number of rotatable bonds is 22. The number of hydrogen-bond acceptors (Lipinski definition) is 22. The number of aromatic nitrogens is 4. The molecular weight excluding hydrogens is 1010 g/mol. The summed E-state index contributed by atoms with van der Waals surface area (Å²) in [6, 6.07) is 0.566. The fraction of sp³-hybridized carbons (Fsp3) is 0.711. The lowest BCUT2D eigenvalue weighted by atomic mass is 9.88. The molecule has 0 aromatic carbocycles. The molecule has 11 atom stereocenters. The molecule has 0 aliphatic carbocycles. The second-order valence-electron chi connectivity index (χ2n) is 17.2. The van der Waals surface area contributed by atoms with Crippen molar-refractivity contribution < 1.29 is 99.6 Å². The van der Waals surface area contributed by atoms with Crippen molar-refractivity contribution in [2.45, 2.75) is 134 Å². The molecule has 0 amide bonds. The highest BCUT2D eigenvalue weighted by Crippen LogP contribution is 2.50. The largest absolute Gasteiger partial charge is 0.510 e. The van der Waals surface area contributed by atoms with Crippen molar-refractivity contribution in [3.8, 4) is 0 Å². The molecule has 2 aliphatic rings. The molecule has 2 aromatic rings. The molecule has 9 N–H and O–H groups in total. The van der Waals surface area contributed by atoms with Gasteiger partial charge in [-0.05, 0) is 62.3 Å². The van der Waals surface area contributed by atoms with Gasteiger partial charge in [0.25, 0.3) is 11.1 Å². The zero-order valence-corrected chi connectivity index (χ0v) is 41.6. The maximum Gasteiger partial charge on any atom is 0.510 e. The summed E-state index contributed by atoms with van der Waals surface area (Å²) in [5.74, 6) is -1.70. The quantitative estimate of drug-likeness (QED) is 0.0296. The molecule has 2 aromatic heterocycles. The first kappa shape index (κ1) is 60.7. The maximum atomic E-state index is 14.5. The molecule has 2 aliphatic heterocycles. The molecule has 2 fully saturated rings. The fourth-order valence-corrected chi connectivity index (χ4v) is 8.77. The molecule has 404 valence electrons. The van der Waals surface area contributed by atoms with E-state index in [2.05, 4.69) is 9.82 Å². The SMILES string of the molecule is CC(C)OC(=O)CNP(=O)(O)OC[C@@]1(CF)O[C@@H](n2ccc(=O)[nH]c2=O)[C@](C)(O)[C@@H]1O.CC(C)OC(=O)OCOP(=O)(N[C@@H](C)C(=O)OC(C)C)OC[C@@]1(CF)O[C@@H](n2ccc(=O)[nH]c2=O)[C@](C)(O)[C@@H]1O. The summed E-state index contributed by atoms with van der Waals surface area (Å²) in [5, 5.41) is 47.2. The zero-order valence-electron chi connectivity index (χ0n) is 39.8. The molecule has 29 nitrogen and oxygen atoms in total. The number of aliphatic hydroxyl groups excluding tert-OH is 2. The molecule has 4 heterocycles. The van der Waals surface area contributed by atoms with E-state index in [1.165, 1.54) is 6.92 Å². The standard InChI is InChI=1S/C22H35FN3O13P.C16H25FN3O10P/c1-12(2)37-16(28)14(5)25-40(33,36-11-34-20(31)38-13(3)4)35-10-22(9-23)17(29)21(6,32)18(39-22)26-8-7-15(27)24-19(26)30;1-9(2)29-11(22)6-18-31(26,27)28-8-16(7-17)12(23)15(3,25)13(30-16)20-5-4-10(21)19-14(20)24/h7-8,12-14,17-18,29,32H,9-11H2,1-6H3,(H,25,33)(H,24,27,30);4-5,9,12-13,23,25H,6-8H2,1-3H3,(H2,18,26,27)(H,19,21,24)/t14-,17-,18+,21+,22+,40?;12-,13+,15+,16+/m00/s1. The van der Waals surface area contributed by atoms with Crippen LogP contribution in [0.1, 0.15) is 74.8 Å². The van der Waals surface area contributed by atoms with Crippen LogP contribution in [-0.2, 0) is 60.7 Å². The van der Waals surface area contributed by atoms with Gasteiger partial charge in [0.15, 0.2) is 23.7 Å². The predicted molar refractivity (Wildman–Crippen MR) is 235 cm³/mol. The van der Waals surface area contributed by atoms with Gasteiger partial charge in [-0.2, -0.15) is 0 Å². The average Bonchev–Trinajstić information content (AvgIpc) is 3.58. The molecule has 2 unspecified atom stereocenters. The second-order valence-corrected chi connectivity index (χ2v) is 20.6. The summed E-state index contributed by atoms with van der Waals surface area (Å²) < 4.78 is 101. The lowest BCUT2D eigenvalue weighted by Crippen LogP contribution is -2.53. The number of esters is 2. The minimum Gasteiger partial charge on any atom is -0.462 e. The van der Waals surface area contributed by atoms with E-state index in [4.69, 9.17) is 37.3 Å². The number of halogens is 2. The molecule has 4 rings (SSSR count). The number of alkyl halides is 2. The summed E-state index contributed by atoms with van der Waals surface area (Å²) in [6.07, 6.45) is -8.25. The van der Waals surface area contributed by atoms with E-state index < -0.39 is 167 Å². The van der Waals surface area contributed by atoms with Gasteiger partial charge in [0, 0.05) is 24.5 Å². The Morgan fingerprint density at radius 1 is 0.746 bits per heavy atom. The molecule has 0 radical (unpaired) electrons. The van der Waals surface area contributed by atoms with Gasteiger partial charge >= 0.3 is 45.0 Å². The Morgan fingerprint density at radius 2 is 1.18 bits per heavy atom. The lowest BCUT2D eigenvalue weighted by molar-refractivity contribution is -0.149. The molecular formula is C38H60F2N6O23P2. The molecule has 0 saturated carbocycles. The summed E-state index contributed by atoms with van der Waals surface area (Å²) in [4.78, 5) is 96.1. The van der Waals surface area contributed by atoms with Crippen LogP contribution in [0.2, 0.25) is 0 Å². The van der Waals surface area contributed by atoms with Gasteiger partial charge in [-0.1, -0.05) is 0 Å². The third kappa shape index (κ3) is 15.7. The van der Waals surface area contributed by atoms with E-state index >= 15 is 0 Å². The first-order valence-corrected chi connectivity index (χ1v) is 24.4. The van der Waals surface area contributed by atoms with E-state index in [-0.39, 0.29) is 0 Å². The van der Waals surface area contributed by atoms with Gasteiger partial charge in [0.1, 0.15) is 49.3 Å². The van der Waals surface area contributed by atoms with Crippen LogP contribution in [0, 0.1) is 0 Å². The molecule has 0 bridgehead atoms. The van der Waals surface area contributed by atoms with Crippen molar-refractivity contribution in [2.75, 3.05) is 39.9 Å². The van der Waals surface area contributed by atoms with Crippen LogP contribution in [0.5, 0.6) is 0 Å². The first-order chi connectivity index (χ1) is 32.7. The van der Waals surface area contributed by atoms with Crippen LogP contribution in [0.15, 0.2) is 43.7 Å². The van der Waals surface area contributed by atoms with Crippen molar-refractivity contribution >= 4 is 33.6 Å². The zero-order chi connectivity index (χ0) is 54.1. The summed E-state index contributed by atoms with van der Waals surface area (Å²) >= 11 is 0. The van der Waals surface area contributed by atoms with Crippen molar-refractivity contribution in [1.82, 2.24) is 29.3 Å². The van der Waals surface area contributed by atoms with Crippen molar-refractivity contribution in [2.24, 2.45) is 0 Å². The van der Waals surface area contributed by atoms with Crippen LogP contribution in [0.4, 0.5) is 13.6 Å². The number of nitrogens with one attached hydrogen (secondary N) is 4. The van der Waals surface area contributed by atoms with Crippen molar-refractivity contribution in [3.63, 3.8) is 0 Å². The Kier molecular flexibility index (Phi) is 20.9. The number of ether oxygens (including phenoxy) is 6. The van der Waals surface area contributed by atoms with Crippen LogP contribution in [-0.4, -0.2) is 161 Å². The Morgan fingerprint density at radius 3 is 1.59 bits per heavy atom. The first-order valence-electron chi connectivity index (χ1n) is 21.2. The third-order valence-corrected chi connectivity index (χ3v) is 12.7. The van der Waals surface area contributed by atoms with Gasteiger partial charge in [-0.25, -0.2) is 42.5 Å². The third-order valence-electron chi connectivity index (χ3n) is 10.00. The second kappa shape index (κ2) is 24.4. The maximum absolute atomic E-state index is 14.5. The summed E-state index contributed by atoms with van der Waals surface area (Å²) in [5.41, 5.74) is -12.9. The van der Waals surface area contributed by atoms with Gasteiger partial charge in [-0.15, -0.1) is 0 Å². The van der Waals surface area contributed by atoms with E-state index in [9.17, 15) is 76.8 Å². The molecule has 0 spiro atoms. The number of carbonyl (C=O) groups excluding carboxylic acids is 3. The van der Waals surface area contributed by atoms with Crippen LogP contribution >= 0.6 is 15.5 Å². The number of hydrogen-bond donors (Lipinski definition) is 9. The number of nitrogens with zero attached hydrogens (tertiary/aromatic N) is 2. The predicted octanol–water partition coefficient (Wildman–Crippen LogP) is -0.980. The highest BCUT2D eigenvalue weighted by atomic mass is 31.2. The topological polar surface area (TPSA) is 403 Å². The number of H-pyrrole nitrogens is 2. The van der Waals surface area contributed by atoms with Gasteiger partial charge in [0.2, 0.25) is 6.79 Å². The van der Waals surface area contributed by atoms with Gasteiger partial charge in [0.05, 0.1) is 31.5 Å². The van der Waals surface area contributed by atoms with E-state index in [1.54, 1.807) is 41.5 Å². The minimum atomic E-state index is -4.69. The molecule has 2 saturated heterocycles. The monoisotopic (exact) mass is 1070 g/mol. The van der Waals surface area contributed by atoms with E-state index in [1.807, 2.05) is 15.1 Å². The Labute approximate surface area is 401 Å². The summed E-state index contributed by atoms with van der Waals surface area (Å²) in [6.45, 7) is 5.96. The van der Waals surface area contributed by atoms with Gasteiger partial charge < -0.3 is 53.7 Å². The van der Waals surface area contributed by atoms with Crippen molar-refractivity contribution in [1.29, 1.82) is 0 Å². The van der Waals surface area contributed by atoms with Crippen LogP contribution < -0.4 is 32.7 Å². The molecule has 71 heavy (non-hydrogen) atoms. The Balaban J connectivity index is 0.000000387. The van der Waals surface area contributed by atoms with E-state index in [0.29, 0.717) is 4.57 Å². The fourth-order valence-electron chi connectivity index (χ4n) is 6.57. The number of carbonyl (C=O) groups is 3. The van der Waals surface area contributed by atoms with Gasteiger partial charge in [-0.3, -0.25) is 51.9 Å². The van der Waals surface area contributed by atoms with Crippen molar-refractivity contribution in [3.05, 3.63) is 66.2 Å². The lowest BCUT2D eigenvalue weighted by Gasteiger charge is -2.32. The number of aliphatic hydroxyl groups is 4. The number of aromatic amines is 2. The van der Waals surface area contributed by atoms with Crippen LogP contribution in [0.3, 0.4) is 0 Å². The average molecular weight is 1070 g/mol. The summed E-state index contributed by atoms with van der Waals surface area (Å²) in [7, 11) is -9.37. The normalized spacial score (nSPS) is 28.4. The Bertz CT molecular complexity index is 2500. The highest BCUT2D eigenvalue weighted by molar-refractivity contribution is 7.51. The smallest absolute Gasteiger partial charge is 0.462 e. The Hall–Kier alpha value is -4.59. The van der Waals surface area contributed by atoms with Crippen LogP contribution in [0.25, 0.3) is 0 Å². The molecule has 33 heteroatoms. The minimum absolute atomic E-state index is 0.458. The highest BCUT2D eigenvalue weighted by Gasteiger charge is 2.64.